The molecule has 0 saturated heterocycles. The molecule has 1 aliphatic heterocycles. The number of aromatic nitrogens is 1. The number of ketones is 1. The minimum absolute atomic E-state index is 0.0904. The third kappa shape index (κ3) is 2.05. The number of fused-ring (bicyclic) bond motifs is 1. The molecule has 0 bridgehead atoms. The van der Waals surface area contributed by atoms with E-state index in [1.165, 1.54) is 0 Å². The van der Waals surface area contributed by atoms with E-state index in [-0.39, 0.29) is 5.78 Å². The highest BCUT2D eigenvalue weighted by atomic mass is 16.5. The van der Waals surface area contributed by atoms with Crippen LogP contribution in [0.3, 0.4) is 0 Å². The molecule has 2 heterocycles. The molecular formula is C19H17NO2. The van der Waals surface area contributed by atoms with E-state index >= 15 is 0 Å². The maximum Gasteiger partial charge on any atom is 0.196 e. The van der Waals surface area contributed by atoms with Crippen LogP contribution in [0.2, 0.25) is 0 Å². The lowest BCUT2D eigenvalue weighted by molar-refractivity contribution is 0.0764. The summed E-state index contributed by atoms with van der Waals surface area (Å²) in [5.74, 6) is 0.810. The Labute approximate surface area is 129 Å². The van der Waals surface area contributed by atoms with E-state index in [1.54, 1.807) is 12.4 Å². The smallest absolute Gasteiger partial charge is 0.196 e. The van der Waals surface area contributed by atoms with Crippen molar-refractivity contribution in [2.24, 2.45) is 0 Å². The van der Waals surface area contributed by atoms with Gasteiger partial charge in [-0.1, -0.05) is 18.2 Å². The Kier molecular flexibility index (Phi) is 3.07. The molecule has 0 radical (unpaired) electrons. The third-order valence-corrected chi connectivity index (χ3v) is 4.58. The molecule has 1 fully saturated rings. The van der Waals surface area contributed by atoms with Gasteiger partial charge in [-0.2, -0.15) is 0 Å². The molecule has 0 unspecified atom stereocenters. The Balaban J connectivity index is 1.87. The first kappa shape index (κ1) is 13.3. The molecule has 3 nitrogen and oxygen atoms in total. The van der Waals surface area contributed by atoms with Gasteiger partial charge in [0.05, 0.1) is 5.56 Å². The van der Waals surface area contributed by atoms with Crippen molar-refractivity contribution in [2.75, 3.05) is 0 Å². The maximum absolute atomic E-state index is 13.0. The second-order valence-corrected chi connectivity index (χ2v) is 5.97. The lowest BCUT2D eigenvalue weighted by atomic mass is 9.82. The van der Waals surface area contributed by atoms with Crippen molar-refractivity contribution in [3.05, 3.63) is 65.5 Å². The van der Waals surface area contributed by atoms with Crippen molar-refractivity contribution < 1.29 is 9.53 Å². The molecule has 110 valence electrons. The highest BCUT2D eigenvalue weighted by molar-refractivity contribution is 6.15. The fourth-order valence-corrected chi connectivity index (χ4v) is 3.50. The highest BCUT2D eigenvalue weighted by Gasteiger charge is 2.46. The van der Waals surface area contributed by atoms with Crippen molar-refractivity contribution in [3.8, 4) is 5.75 Å². The summed E-state index contributed by atoms with van der Waals surface area (Å²) in [4.78, 5) is 17.2. The summed E-state index contributed by atoms with van der Waals surface area (Å²) in [6, 6.07) is 11.4. The first-order valence-corrected chi connectivity index (χ1v) is 7.73. The first-order chi connectivity index (χ1) is 10.8. The average Bonchev–Trinajstić information content (AvgIpc) is 3.02. The Morgan fingerprint density at radius 3 is 2.68 bits per heavy atom. The molecule has 1 aromatic carbocycles. The topological polar surface area (TPSA) is 39.2 Å². The zero-order valence-corrected chi connectivity index (χ0v) is 12.3. The van der Waals surface area contributed by atoms with Crippen LogP contribution in [0.5, 0.6) is 5.75 Å². The summed E-state index contributed by atoms with van der Waals surface area (Å²) in [5, 5.41) is 0. The summed E-state index contributed by atoms with van der Waals surface area (Å²) >= 11 is 0. The van der Waals surface area contributed by atoms with Crippen molar-refractivity contribution in [2.45, 2.75) is 31.3 Å². The quantitative estimate of drug-likeness (QED) is 0.744. The van der Waals surface area contributed by atoms with Crippen molar-refractivity contribution >= 4 is 11.9 Å². The average molecular weight is 291 g/mol. The van der Waals surface area contributed by atoms with Crippen molar-refractivity contribution in [1.82, 2.24) is 4.98 Å². The number of benzene rings is 1. The van der Waals surface area contributed by atoms with Crippen LogP contribution in [0.4, 0.5) is 0 Å². The molecule has 0 amide bonds. The number of Topliss-reactive ketones (excluding diaryl/α,β-unsaturated/α-hetero) is 1. The monoisotopic (exact) mass is 291 g/mol. The molecule has 22 heavy (non-hydrogen) atoms. The van der Waals surface area contributed by atoms with Crippen LogP contribution in [0.25, 0.3) is 6.08 Å². The van der Waals surface area contributed by atoms with E-state index in [4.69, 9.17) is 4.74 Å². The minimum Gasteiger partial charge on any atom is -0.482 e. The zero-order valence-electron chi connectivity index (χ0n) is 12.3. The van der Waals surface area contributed by atoms with Gasteiger partial charge in [-0.3, -0.25) is 9.78 Å². The molecular weight excluding hydrogens is 274 g/mol. The van der Waals surface area contributed by atoms with Crippen LogP contribution in [0.1, 0.15) is 41.6 Å². The molecule has 1 saturated carbocycles. The Hall–Kier alpha value is -2.42. The second kappa shape index (κ2) is 5.09. The summed E-state index contributed by atoms with van der Waals surface area (Å²) in [5.41, 5.74) is 1.92. The number of nitrogens with zero attached hydrogens (tertiary/aromatic N) is 1. The normalized spacial score (nSPS) is 20.9. The predicted molar refractivity (Wildman–Crippen MR) is 84.8 cm³/mol. The van der Waals surface area contributed by atoms with Gasteiger partial charge in [-0.05, 0) is 55.5 Å². The first-order valence-electron chi connectivity index (χ1n) is 7.73. The zero-order chi connectivity index (χ0) is 15.0. The molecule has 2 aliphatic rings. The van der Waals surface area contributed by atoms with E-state index in [1.807, 2.05) is 42.5 Å². The molecule has 4 rings (SSSR count). The van der Waals surface area contributed by atoms with Gasteiger partial charge in [0.25, 0.3) is 0 Å². The minimum atomic E-state index is -0.457. The number of hydrogen-bond donors (Lipinski definition) is 0. The van der Waals surface area contributed by atoms with Gasteiger partial charge < -0.3 is 4.74 Å². The predicted octanol–water partition coefficient (Wildman–Crippen LogP) is 4.05. The third-order valence-electron chi connectivity index (χ3n) is 4.58. The number of rotatable bonds is 1. The van der Waals surface area contributed by atoms with Crippen LogP contribution in [0.15, 0.2) is 54.4 Å². The van der Waals surface area contributed by atoms with Crippen LogP contribution in [-0.2, 0) is 0 Å². The molecule has 0 N–H and O–H groups in total. The van der Waals surface area contributed by atoms with Crippen LogP contribution >= 0.6 is 0 Å². The van der Waals surface area contributed by atoms with Crippen LogP contribution in [0, 0.1) is 0 Å². The number of carbonyl (C=O) groups excluding carboxylic acids is 1. The fraction of sp³-hybridized carbons (Fsp3) is 0.263. The Morgan fingerprint density at radius 2 is 1.91 bits per heavy atom. The van der Waals surface area contributed by atoms with Crippen molar-refractivity contribution in [3.63, 3.8) is 0 Å². The van der Waals surface area contributed by atoms with E-state index in [0.29, 0.717) is 5.56 Å². The van der Waals surface area contributed by atoms with Crippen LogP contribution < -0.4 is 4.74 Å². The van der Waals surface area contributed by atoms with Gasteiger partial charge in [-0.15, -0.1) is 0 Å². The van der Waals surface area contributed by atoms with Crippen molar-refractivity contribution in [1.29, 1.82) is 0 Å². The lowest BCUT2D eigenvalue weighted by Crippen LogP contribution is -2.42. The molecule has 1 aromatic heterocycles. The Bertz CT molecular complexity index is 743. The highest BCUT2D eigenvalue weighted by Crippen LogP contribution is 2.46. The molecule has 2 aromatic rings. The number of para-hydroxylation sites is 1. The lowest BCUT2D eigenvalue weighted by Gasteiger charge is -2.37. The summed E-state index contributed by atoms with van der Waals surface area (Å²) in [6.45, 7) is 0. The van der Waals surface area contributed by atoms with E-state index in [0.717, 1.165) is 42.6 Å². The summed E-state index contributed by atoms with van der Waals surface area (Å²) in [7, 11) is 0. The van der Waals surface area contributed by atoms with Gasteiger partial charge in [0, 0.05) is 18.0 Å². The van der Waals surface area contributed by atoms with Crippen LogP contribution in [-0.4, -0.2) is 16.4 Å². The molecule has 1 spiro atoms. The SMILES string of the molecule is O=C1/C(=C\c2cccnc2)C2(CCCC2)Oc2ccccc21. The summed E-state index contributed by atoms with van der Waals surface area (Å²) < 4.78 is 6.33. The Morgan fingerprint density at radius 1 is 1.09 bits per heavy atom. The molecule has 1 aliphatic carbocycles. The number of hydrogen-bond acceptors (Lipinski definition) is 3. The van der Waals surface area contributed by atoms with Gasteiger partial charge in [0.15, 0.2) is 5.78 Å². The standard InChI is InChI=1S/C19H17NO2/c21-18-15-7-1-2-8-17(15)22-19(9-3-4-10-19)16(18)12-14-6-5-11-20-13-14/h1-2,5-8,11-13H,3-4,9-10H2/b16-12+. The van der Waals surface area contributed by atoms with Gasteiger partial charge in [0.2, 0.25) is 0 Å². The van der Waals surface area contributed by atoms with E-state index in [9.17, 15) is 4.79 Å². The molecule has 0 atom stereocenters. The number of carbonyl (C=O) groups is 1. The fourth-order valence-electron chi connectivity index (χ4n) is 3.50. The number of pyridine rings is 1. The number of ether oxygens (including phenoxy) is 1. The van der Waals surface area contributed by atoms with E-state index < -0.39 is 5.60 Å². The van der Waals surface area contributed by atoms with E-state index in [2.05, 4.69) is 4.98 Å². The van der Waals surface area contributed by atoms with Gasteiger partial charge in [-0.25, -0.2) is 0 Å². The summed E-state index contributed by atoms with van der Waals surface area (Å²) in [6.07, 6.45) is 9.47. The van der Waals surface area contributed by atoms with Gasteiger partial charge in [0.1, 0.15) is 11.4 Å². The second-order valence-electron chi connectivity index (χ2n) is 5.97. The largest absolute Gasteiger partial charge is 0.482 e. The maximum atomic E-state index is 13.0. The molecule has 3 heteroatoms. The van der Waals surface area contributed by atoms with Gasteiger partial charge >= 0.3 is 0 Å².